The summed E-state index contributed by atoms with van der Waals surface area (Å²) in [6, 6.07) is 1.98. The van der Waals surface area contributed by atoms with Crippen molar-refractivity contribution < 1.29 is 9.26 Å². The van der Waals surface area contributed by atoms with Crippen LogP contribution >= 0.6 is 0 Å². The number of ether oxygens (including phenoxy) is 1. The van der Waals surface area contributed by atoms with Crippen molar-refractivity contribution in [3.63, 3.8) is 0 Å². The highest BCUT2D eigenvalue weighted by molar-refractivity contribution is 5.79. The van der Waals surface area contributed by atoms with E-state index in [2.05, 4.69) is 60.3 Å². The maximum atomic E-state index is 5.78. The van der Waals surface area contributed by atoms with Crippen molar-refractivity contribution in [3.05, 3.63) is 17.5 Å². The van der Waals surface area contributed by atoms with Crippen LogP contribution in [0.4, 0.5) is 0 Å². The fourth-order valence-corrected chi connectivity index (χ4v) is 3.15. The molecule has 148 valence electrons. The molecule has 0 amide bonds. The number of aromatic nitrogens is 1. The Hall–Kier alpha value is -1.60. The van der Waals surface area contributed by atoms with Crippen molar-refractivity contribution in [1.29, 1.82) is 0 Å². The van der Waals surface area contributed by atoms with E-state index >= 15 is 0 Å². The van der Waals surface area contributed by atoms with Gasteiger partial charge in [-0.15, -0.1) is 0 Å². The van der Waals surface area contributed by atoms with Crippen molar-refractivity contribution in [3.8, 4) is 0 Å². The topological polar surface area (TPSA) is 74.9 Å². The summed E-state index contributed by atoms with van der Waals surface area (Å²) in [5.41, 5.74) is 0.974. The zero-order valence-electron chi connectivity index (χ0n) is 16.9. The summed E-state index contributed by atoms with van der Waals surface area (Å²) in [7, 11) is 0. The van der Waals surface area contributed by atoms with E-state index in [0.29, 0.717) is 24.7 Å². The second-order valence-corrected chi connectivity index (χ2v) is 7.37. The van der Waals surface area contributed by atoms with Gasteiger partial charge in [0.15, 0.2) is 11.7 Å². The molecule has 2 heterocycles. The normalized spacial score (nSPS) is 22.0. The van der Waals surface area contributed by atoms with Gasteiger partial charge >= 0.3 is 0 Å². The van der Waals surface area contributed by atoms with E-state index < -0.39 is 0 Å². The Kier molecular flexibility index (Phi) is 8.38. The number of rotatable bonds is 8. The molecule has 1 saturated heterocycles. The first-order valence-corrected chi connectivity index (χ1v) is 9.83. The fraction of sp³-hybridized carbons (Fsp3) is 0.789. The summed E-state index contributed by atoms with van der Waals surface area (Å²) in [6.07, 6.45) is 1.72. The minimum atomic E-state index is 0.322. The van der Waals surface area contributed by atoms with E-state index in [1.165, 1.54) is 0 Å². The molecule has 2 atom stereocenters. The van der Waals surface area contributed by atoms with Gasteiger partial charge in [0.05, 0.1) is 17.9 Å². The van der Waals surface area contributed by atoms with Gasteiger partial charge in [-0.3, -0.25) is 4.90 Å². The molecule has 0 spiro atoms. The lowest BCUT2D eigenvalue weighted by molar-refractivity contribution is -0.0679. The summed E-state index contributed by atoms with van der Waals surface area (Å²) >= 11 is 0. The molecule has 1 aromatic rings. The summed E-state index contributed by atoms with van der Waals surface area (Å²) in [6.45, 7) is 15.9. The van der Waals surface area contributed by atoms with E-state index in [0.717, 1.165) is 56.6 Å². The Labute approximate surface area is 157 Å². The first-order chi connectivity index (χ1) is 12.5. The van der Waals surface area contributed by atoms with Crippen molar-refractivity contribution in [1.82, 2.24) is 20.7 Å². The van der Waals surface area contributed by atoms with E-state index in [1.807, 2.05) is 6.07 Å². The van der Waals surface area contributed by atoms with Crippen molar-refractivity contribution >= 4 is 5.96 Å². The van der Waals surface area contributed by atoms with Gasteiger partial charge in [0.2, 0.25) is 0 Å². The SMILES string of the molecule is CCNC(=NCc1cc(C(C)C)no1)NCCCN1CC(C)OC(C)C1. The van der Waals surface area contributed by atoms with Crippen LogP contribution in [0.1, 0.15) is 58.4 Å². The van der Waals surface area contributed by atoms with Gasteiger partial charge in [0, 0.05) is 38.8 Å². The molecule has 7 heteroatoms. The highest BCUT2D eigenvalue weighted by atomic mass is 16.5. The molecule has 0 aliphatic carbocycles. The number of hydrogen-bond acceptors (Lipinski definition) is 5. The predicted octanol–water partition coefficient (Wildman–Crippen LogP) is 2.35. The third-order valence-corrected chi connectivity index (χ3v) is 4.34. The Balaban J connectivity index is 1.74. The third kappa shape index (κ3) is 6.96. The quantitative estimate of drug-likeness (QED) is 0.418. The van der Waals surface area contributed by atoms with Crippen LogP contribution in [0.5, 0.6) is 0 Å². The average molecular weight is 366 g/mol. The fourth-order valence-electron chi connectivity index (χ4n) is 3.15. The number of morpholine rings is 1. The standard InChI is InChI=1S/C19H35N5O2/c1-6-20-19(22-11-17-10-18(14(2)3)23-26-17)21-8-7-9-24-12-15(4)25-16(5)13-24/h10,14-16H,6-9,11-13H2,1-5H3,(H2,20,21,22). The van der Waals surface area contributed by atoms with Gasteiger partial charge < -0.3 is 19.9 Å². The molecule has 0 saturated carbocycles. The van der Waals surface area contributed by atoms with Gasteiger partial charge in [-0.25, -0.2) is 4.99 Å². The van der Waals surface area contributed by atoms with Crippen LogP contribution in [0.3, 0.4) is 0 Å². The first kappa shape index (κ1) is 20.7. The van der Waals surface area contributed by atoms with Crippen molar-refractivity contribution in [2.75, 3.05) is 32.7 Å². The van der Waals surface area contributed by atoms with E-state index in [9.17, 15) is 0 Å². The molecule has 1 aliphatic rings. The van der Waals surface area contributed by atoms with E-state index in [1.54, 1.807) is 0 Å². The zero-order chi connectivity index (χ0) is 18.9. The average Bonchev–Trinajstić information content (AvgIpc) is 3.05. The summed E-state index contributed by atoms with van der Waals surface area (Å²) in [5, 5.41) is 10.8. The lowest BCUT2D eigenvalue weighted by atomic mass is 10.1. The third-order valence-electron chi connectivity index (χ3n) is 4.34. The number of nitrogens with zero attached hydrogens (tertiary/aromatic N) is 3. The Bertz CT molecular complexity index is 548. The second-order valence-electron chi connectivity index (χ2n) is 7.37. The number of guanidine groups is 1. The summed E-state index contributed by atoms with van der Waals surface area (Å²) in [5.74, 6) is 1.98. The smallest absolute Gasteiger partial charge is 0.191 e. The molecule has 26 heavy (non-hydrogen) atoms. The molecule has 1 aromatic heterocycles. The molecule has 0 aromatic carbocycles. The molecule has 0 radical (unpaired) electrons. The number of nitrogens with one attached hydrogen (secondary N) is 2. The van der Waals surface area contributed by atoms with Crippen LogP contribution in [-0.2, 0) is 11.3 Å². The van der Waals surface area contributed by atoms with Crippen molar-refractivity contribution in [2.24, 2.45) is 4.99 Å². The highest BCUT2D eigenvalue weighted by Crippen LogP contribution is 2.14. The van der Waals surface area contributed by atoms with Crippen LogP contribution in [-0.4, -0.2) is 60.9 Å². The monoisotopic (exact) mass is 365 g/mol. The summed E-state index contributed by atoms with van der Waals surface area (Å²) < 4.78 is 11.1. The molecule has 2 rings (SSSR count). The number of aliphatic imine (C=N–C) groups is 1. The first-order valence-electron chi connectivity index (χ1n) is 9.83. The van der Waals surface area contributed by atoms with E-state index in [-0.39, 0.29) is 0 Å². The molecule has 1 aliphatic heterocycles. The van der Waals surface area contributed by atoms with Gasteiger partial charge in [0.25, 0.3) is 0 Å². The summed E-state index contributed by atoms with van der Waals surface area (Å²) in [4.78, 5) is 7.07. The van der Waals surface area contributed by atoms with Crippen LogP contribution < -0.4 is 10.6 Å². The zero-order valence-corrected chi connectivity index (χ0v) is 16.9. The molecule has 2 N–H and O–H groups in total. The Morgan fingerprint density at radius 3 is 2.65 bits per heavy atom. The second kappa shape index (κ2) is 10.5. The van der Waals surface area contributed by atoms with Gasteiger partial charge in [-0.05, 0) is 33.1 Å². The van der Waals surface area contributed by atoms with Crippen LogP contribution in [0.2, 0.25) is 0 Å². The van der Waals surface area contributed by atoms with Crippen LogP contribution in [0.25, 0.3) is 0 Å². The van der Waals surface area contributed by atoms with Gasteiger partial charge in [-0.1, -0.05) is 19.0 Å². The van der Waals surface area contributed by atoms with Crippen LogP contribution in [0, 0.1) is 0 Å². The van der Waals surface area contributed by atoms with Gasteiger partial charge in [-0.2, -0.15) is 0 Å². The Morgan fingerprint density at radius 2 is 2.04 bits per heavy atom. The molecule has 7 nitrogen and oxygen atoms in total. The van der Waals surface area contributed by atoms with Gasteiger partial charge in [0.1, 0.15) is 6.54 Å². The largest absolute Gasteiger partial charge is 0.373 e. The lowest BCUT2D eigenvalue weighted by Gasteiger charge is -2.35. The molecule has 0 bridgehead atoms. The van der Waals surface area contributed by atoms with Crippen LogP contribution in [0.15, 0.2) is 15.6 Å². The van der Waals surface area contributed by atoms with E-state index in [4.69, 9.17) is 9.26 Å². The minimum absolute atomic E-state index is 0.322. The lowest BCUT2D eigenvalue weighted by Crippen LogP contribution is -2.46. The maximum Gasteiger partial charge on any atom is 0.191 e. The highest BCUT2D eigenvalue weighted by Gasteiger charge is 2.21. The Morgan fingerprint density at radius 1 is 1.31 bits per heavy atom. The predicted molar refractivity (Wildman–Crippen MR) is 104 cm³/mol. The molecular weight excluding hydrogens is 330 g/mol. The molecule has 1 fully saturated rings. The van der Waals surface area contributed by atoms with Crippen molar-refractivity contribution in [2.45, 2.75) is 65.7 Å². The maximum absolute atomic E-state index is 5.78. The molecule has 2 unspecified atom stereocenters. The number of hydrogen-bond donors (Lipinski definition) is 2. The molecular formula is C19H35N5O2. The minimum Gasteiger partial charge on any atom is -0.373 e.